The van der Waals surface area contributed by atoms with Crippen LogP contribution < -0.4 is 0 Å². The summed E-state index contributed by atoms with van der Waals surface area (Å²) in [5, 5.41) is 10.6. The lowest BCUT2D eigenvalue weighted by atomic mass is 9.97. The molecule has 0 bridgehead atoms. The van der Waals surface area contributed by atoms with Crippen LogP contribution in [-0.2, 0) is 4.79 Å². The fourth-order valence-electron chi connectivity index (χ4n) is 1.94. The SMILES string of the molecule is CC(CC(=O)O)c1c[nH]c2ccc(Cl)c(Cl)c12. The number of H-pyrrole nitrogens is 1. The van der Waals surface area contributed by atoms with Crippen molar-refractivity contribution in [2.75, 3.05) is 0 Å². The standard InChI is InChI=1S/C12H11Cl2NO2/c1-6(4-10(16)17)7-5-15-9-3-2-8(13)12(14)11(7)9/h2-3,5-6,15H,4H2,1H3,(H,16,17). The second-order valence-corrected chi connectivity index (χ2v) is 4.81. The van der Waals surface area contributed by atoms with Gasteiger partial charge >= 0.3 is 5.97 Å². The van der Waals surface area contributed by atoms with Crippen LogP contribution in [0.15, 0.2) is 18.3 Å². The number of nitrogens with one attached hydrogen (secondary N) is 1. The van der Waals surface area contributed by atoms with Gasteiger partial charge in [0.25, 0.3) is 0 Å². The zero-order chi connectivity index (χ0) is 12.6. The van der Waals surface area contributed by atoms with Crippen molar-refractivity contribution in [2.24, 2.45) is 0 Å². The Morgan fingerprint density at radius 2 is 2.18 bits per heavy atom. The molecule has 5 heteroatoms. The van der Waals surface area contributed by atoms with Gasteiger partial charge in [-0.1, -0.05) is 30.1 Å². The second-order valence-electron chi connectivity index (χ2n) is 4.03. The van der Waals surface area contributed by atoms with E-state index in [1.807, 2.05) is 13.0 Å². The van der Waals surface area contributed by atoms with Gasteiger partial charge in [0, 0.05) is 17.1 Å². The highest BCUT2D eigenvalue weighted by atomic mass is 35.5. The average molecular weight is 272 g/mol. The Hall–Kier alpha value is -1.19. The second kappa shape index (κ2) is 4.59. The van der Waals surface area contributed by atoms with E-state index in [0.29, 0.717) is 10.0 Å². The highest BCUT2D eigenvalue weighted by molar-refractivity contribution is 6.45. The van der Waals surface area contributed by atoms with Crippen LogP contribution in [0, 0.1) is 0 Å². The Bertz CT molecular complexity index is 577. The van der Waals surface area contributed by atoms with Crippen LogP contribution >= 0.6 is 23.2 Å². The summed E-state index contributed by atoms with van der Waals surface area (Å²) in [5.41, 5.74) is 1.75. The third kappa shape index (κ3) is 2.26. The van der Waals surface area contributed by atoms with E-state index in [-0.39, 0.29) is 12.3 Å². The lowest BCUT2D eigenvalue weighted by molar-refractivity contribution is -0.137. The maximum absolute atomic E-state index is 10.7. The Kier molecular flexibility index (Phi) is 3.31. The molecule has 0 amide bonds. The number of hydrogen-bond donors (Lipinski definition) is 2. The lowest BCUT2D eigenvalue weighted by Crippen LogP contribution is -2.02. The Morgan fingerprint density at radius 1 is 1.47 bits per heavy atom. The third-order valence-electron chi connectivity index (χ3n) is 2.78. The zero-order valence-corrected chi connectivity index (χ0v) is 10.6. The normalized spacial score (nSPS) is 12.9. The van der Waals surface area contributed by atoms with Crippen LogP contribution in [0.1, 0.15) is 24.8 Å². The number of benzene rings is 1. The van der Waals surface area contributed by atoms with E-state index in [1.165, 1.54) is 0 Å². The molecule has 0 spiro atoms. The van der Waals surface area contributed by atoms with Gasteiger partial charge in [0.15, 0.2) is 0 Å². The molecular weight excluding hydrogens is 261 g/mol. The fourth-order valence-corrected chi connectivity index (χ4v) is 2.37. The molecule has 0 saturated heterocycles. The van der Waals surface area contributed by atoms with Crippen LogP contribution in [-0.4, -0.2) is 16.1 Å². The molecule has 0 aliphatic rings. The first kappa shape index (κ1) is 12.3. The third-order valence-corrected chi connectivity index (χ3v) is 3.58. The van der Waals surface area contributed by atoms with Gasteiger partial charge in [-0.25, -0.2) is 0 Å². The van der Waals surface area contributed by atoms with Gasteiger partial charge in [-0.05, 0) is 23.6 Å². The van der Waals surface area contributed by atoms with Gasteiger partial charge < -0.3 is 10.1 Å². The van der Waals surface area contributed by atoms with Gasteiger partial charge in [-0.3, -0.25) is 4.79 Å². The number of aromatic nitrogens is 1. The number of fused-ring (bicyclic) bond motifs is 1. The van der Waals surface area contributed by atoms with Crippen LogP contribution in [0.3, 0.4) is 0 Å². The molecule has 2 aromatic rings. The quantitative estimate of drug-likeness (QED) is 0.885. The summed E-state index contributed by atoms with van der Waals surface area (Å²) < 4.78 is 0. The number of carboxylic acids is 1. The summed E-state index contributed by atoms with van der Waals surface area (Å²) >= 11 is 12.1. The van der Waals surface area contributed by atoms with Crippen molar-refractivity contribution in [2.45, 2.75) is 19.3 Å². The Morgan fingerprint density at radius 3 is 2.82 bits per heavy atom. The molecule has 0 aliphatic carbocycles. The summed E-state index contributed by atoms with van der Waals surface area (Å²) in [6, 6.07) is 3.55. The summed E-state index contributed by atoms with van der Waals surface area (Å²) in [6.07, 6.45) is 1.86. The molecule has 2 rings (SSSR count). The van der Waals surface area contributed by atoms with Crippen molar-refractivity contribution < 1.29 is 9.90 Å². The van der Waals surface area contributed by atoms with Crippen LogP contribution in [0.5, 0.6) is 0 Å². The van der Waals surface area contributed by atoms with Crippen molar-refractivity contribution in [1.82, 2.24) is 4.98 Å². The van der Waals surface area contributed by atoms with Gasteiger partial charge in [-0.2, -0.15) is 0 Å². The average Bonchev–Trinajstić information content (AvgIpc) is 2.67. The first-order valence-corrected chi connectivity index (χ1v) is 5.93. The van der Waals surface area contributed by atoms with E-state index in [0.717, 1.165) is 16.5 Å². The van der Waals surface area contributed by atoms with Gasteiger partial charge in [0.1, 0.15) is 0 Å². The summed E-state index contributed by atoms with van der Waals surface area (Å²) in [7, 11) is 0. The number of halogens is 2. The topological polar surface area (TPSA) is 53.1 Å². The summed E-state index contributed by atoms with van der Waals surface area (Å²) in [4.78, 5) is 13.8. The molecular formula is C12H11Cl2NO2. The number of carbonyl (C=O) groups is 1. The largest absolute Gasteiger partial charge is 0.481 e. The predicted molar refractivity (Wildman–Crippen MR) is 69.0 cm³/mol. The molecule has 2 N–H and O–H groups in total. The number of hydrogen-bond acceptors (Lipinski definition) is 1. The Labute approximate surface area is 108 Å². The number of rotatable bonds is 3. The highest BCUT2D eigenvalue weighted by Gasteiger charge is 2.17. The lowest BCUT2D eigenvalue weighted by Gasteiger charge is -2.08. The first-order valence-electron chi connectivity index (χ1n) is 5.17. The van der Waals surface area contributed by atoms with Crippen LogP contribution in [0.25, 0.3) is 10.9 Å². The molecule has 1 aromatic heterocycles. The molecule has 0 aliphatic heterocycles. The van der Waals surface area contributed by atoms with Crippen molar-refractivity contribution in [3.63, 3.8) is 0 Å². The molecule has 0 saturated carbocycles. The van der Waals surface area contributed by atoms with E-state index in [9.17, 15) is 4.79 Å². The molecule has 1 unspecified atom stereocenters. The first-order chi connectivity index (χ1) is 8.00. The minimum absolute atomic E-state index is 0.0653. The molecule has 1 aromatic carbocycles. The number of carboxylic acid groups (broad SMARTS) is 1. The molecule has 0 fully saturated rings. The van der Waals surface area contributed by atoms with E-state index in [2.05, 4.69) is 4.98 Å². The van der Waals surface area contributed by atoms with Crippen LogP contribution in [0.4, 0.5) is 0 Å². The van der Waals surface area contributed by atoms with E-state index >= 15 is 0 Å². The van der Waals surface area contributed by atoms with Crippen LogP contribution in [0.2, 0.25) is 10.0 Å². The maximum Gasteiger partial charge on any atom is 0.303 e. The molecule has 0 radical (unpaired) electrons. The summed E-state index contributed by atoms with van der Waals surface area (Å²) in [5.74, 6) is -0.942. The minimum atomic E-state index is -0.829. The van der Waals surface area contributed by atoms with E-state index in [1.54, 1.807) is 12.3 Å². The molecule has 3 nitrogen and oxygen atoms in total. The minimum Gasteiger partial charge on any atom is -0.481 e. The molecule has 90 valence electrons. The predicted octanol–water partition coefficient (Wildman–Crippen LogP) is 4.05. The number of aliphatic carboxylic acids is 1. The molecule has 17 heavy (non-hydrogen) atoms. The van der Waals surface area contributed by atoms with Crippen molar-refractivity contribution in [3.05, 3.63) is 33.9 Å². The molecule has 1 heterocycles. The van der Waals surface area contributed by atoms with E-state index < -0.39 is 5.97 Å². The number of aromatic amines is 1. The van der Waals surface area contributed by atoms with Gasteiger partial charge in [-0.15, -0.1) is 0 Å². The van der Waals surface area contributed by atoms with Gasteiger partial charge in [0.05, 0.1) is 16.5 Å². The zero-order valence-electron chi connectivity index (χ0n) is 9.13. The summed E-state index contributed by atoms with van der Waals surface area (Å²) in [6.45, 7) is 1.86. The highest BCUT2D eigenvalue weighted by Crippen LogP contribution is 2.36. The van der Waals surface area contributed by atoms with E-state index in [4.69, 9.17) is 28.3 Å². The maximum atomic E-state index is 10.7. The van der Waals surface area contributed by atoms with Gasteiger partial charge in [0.2, 0.25) is 0 Å². The Balaban J connectivity index is 2.55. The van der Waals surface area contributed by atoms with Crippen molar-refractivity contribution in [1.29, 1.82) is 0 Å². The van der Waals surface area contributed by atoms with Crippen molar-refractivity contribution in [3.8, 4) is 0 Å². The monoisotopic (exact) mass is 271 g/mol. The smallest absolute Gasteiger partial charge is 0.303 e. The van der Waals surface area contributed by atoms with Crippen molar-refractivity contribution >= 4 is 40.1 Å². The fraction of sp³-hybridized carbons (Fsp3) is 0.250. The molecule has 1 atom stereocenters.